The first-order valence-corrected chi connectivity index (χ1v) is 5.34. The molecular weight excluding hydrogens is 218 g/mol. The van der Waals surface area contributed by atoms with E-state index in [0.29, 0.717) is 31.1 Å². The molecule has 88 valence electrons. The zero-order chi connectivity index (χ0) is 12.1. The molecule has 1 N–H and O–H groups in total. The summed E-state index contributed by atoms with van der Waals surface area (Å²) >= 11 is 0. The summed E-state index contributed by atoms with van der Waals surface area (Å²) in [6.07, 6.45) is 0.374. The van der Waals surface area contributed by atoms with Crippen LogP contribution in [-0.4, -0.2) is 26.2 Å². The highest BCUT2D eigenvalue weighted by molar-refractivity contribution is 5.93. The third-order valence-corrected chi connectivity index (χ3v) is 2.29. The minimum absolute atomic E-state index is 0.0363. The summed E-state index contributed by atoms with van der Waals surface area (Å²) in [5.41, 5.74) is 1.50. The fourth-order valence-corrected chi connectivity index (χ4v) is 1.51. The van der Waals surface area contributed by atoms with E-state index in [2.05, 4.69) is 17.2 Å². The molecule has 0 aliphatic carbocycles. The highest BCUT2D eigenvalue weighted by Crippen LogP contribution is 2.27. The second kappa shape index (κ2) is 5.37. The summed E-state index contributed by atoms with van der Waals surface area (Å²) in [4.78, 5) is 11.4. The summed E-state index contributed by atoms with van der Waals surface area (Å²) in [7, 11) is 1.60. The van der Waals surface area contributed by atoms with E-state index in [4.69, 9.17) is 9.47 Å². The van der Waals surface area contributed by atoms with E-state index in [1.165, 1.54) is 0 Å². The van der Waals surface area contributed by atoms with Crippen molar-refractivity contribution in [2.75, 3.05) is 25.6 Å². The van der Waals surface area contributed by atoms with Crippen molar-refractivity contribution in [2.45, 2.75) is 6.42 Å². The van der Waals surface area contributed by atoms with Crippen molar-refractivity contribution in [3.8, 4) is 17.6 Å². The van der Waals surface area contributed by atoms with Crippen LogP contribution in [0, 0.1) is 11.8 Å². The van der Waals surface area contributed by atoms with Crippen LogP contribution < -0.4 is 10.1 Å². The SMILES string of the molecule is COCC#Cc1ccc2c(c1)NC(=O)CCO2. The van der Waals surface area contributed by atoms with Crippen LogP contribution in [0.15, 0.2) is 18.2 Å². The van der Waals surface area contributed by atoms with Gasteiger partial charge in [-0.05, 0) is 18.2 Å². The van der Waals surface area contributed by atoms with Gasteiger partial charge in [-0.1, -0.05) is 11.8 Å². The van der Waals surface area contributed by atoms with E-state index in [9.17, 15) is 4.79 Å². The van der Waals surface area contributed by atoms with Crippen molar-refractivity contribution in [3.05, 3.63) is 23.8 Å². The van der Waals surface area contributed by atoms with Crippen LogP contribution >= 0.6 is 0 Å². The van der Waals surface area contributed by atoms with Crippen molar-refractivity contribution in [1.29, 1.82) is 0 Å². The van der Waals surface area contributed by atoms with Gasteiger partial charge in [-0.25, -0.2) is 0 Å². The molecule has 0 bridgehead atoms. The molecule has 1 aromatic carbocycles. The lowest BCUT2D eigenvalue weighted by atomic mass is 10.2. The molecule has 0 fully saturated rings. The van der Waals surface area contributed by atoms with Gasteiger partial charge in [0.2, 0.25) is 5.91 Å². The van der Waals surface area contributed by atoms with Gasteiger partial charge in [-0.15, -0.1) is 0 Å². The lowest BCUT2D eigenvalue weighted by molar-refractivity contribution is -0.116. The second-order valence-corrected chi connectivity index (χ2v) is 3.59. The molecule has 0 atom stereocenters. The number of benzene rings is 1. The number of ether oxygens (including phenoxy) is 2. The fraction of sp³-hybridized carbons (Fsp3) is 0.308. The lowest BCUT2D eigenvalue weighted by Gasteiger charge is -2.06. The van der Waals surface area contributed by atoms with E-state index in [1.807, 2.05) is 12.1 Å². The van der Waals surface area contributed by atoms with E-state index in [0.717, 1.165) is 5.56 Å². The van der Waals surface area contributed by atoms with Gasteiger partial charge in [-0.3, -0.25) is 4.79 Å². The maximum Gasteiger partial charge on any atom is 0.227 e. The van der Waals surface area contributed by atoms with Crippen LogP contribution in [0.2, 0.25) is 0 Å². The zero-order valence-corrected chi connectivity index (χ0v) is 9.58. The molecule has 0 saturated carbocycles. The van der Waals surface area contributed by atoms with Gasteiger partial charge in [0.1, 0.15) is 12.4 Å². The first-order valence-electron chi connectivity index (χ1n) is 5.34. The predicted molar refractivity (Wildman–Crippen MR) is 63.9 cm³/mol. The summed E-state index contributed by atoms with van der Waals surface area (Å²) in [6.45, 7) is 0.799. The van der Waals surface area contributed by atoms with Gasteiger partial charge in [0.15, 0.2) is 0 Å². The number of hydrogen-bond acceptors (Lipinski definition) is 3. The molecule has 0 aromatic heterocycles. The van der Waals surface area contributed by atoms with Crippen LogP contribution in [0.25, 0.3) is 0 Å². The minimum Gasteiger partial charge on any atom is -0.491 e. The highest BCUT2D eigenvalue weighted by atomic mass is 16.5. The van der Waals surface area contributed by atoms with Crippen LogP contribution in [0.1, 0.15) is 12.0 Å². The van der Waals surface area contributed by atoms with Crippen LogP contribution in [0.5, 0.6) is 5.75 Å². The van der Waals surface area contributed by atoms with Gasteiger partial charge in [0.25, 0.3) is 0 Å². The Morgan fingerprint density at radius 3 is 3.24 bits per heavy atom. The quantitative estimate of drug-likeness (QED) is 0.743. The van der Waals surface area contributed by atoms with Gasteiger partial charge >= 0.3 is 0 Å². The first kappa shape index (κ1) is 11.5. The number of rotatable bonds is 1. The number of amides is 1. The molecule has 1 amide bonds. The largest absolute Gasteiger partial charge is 0.491 e. The van der Waals surface area contributed by atoms with Crippen molar-refractivity contribution < 1.29 is 14.3 Å². The fourth-order valence-electron chi connectivity index (χ4n) is 1.51. The number of carbonyl (C=O) groups is 1. The van der Waals surface area contributed by atoms with E-state index >= 15 is 0 Å². The van der Waals surface area contributed by atoms with Crippen molar-refractivity contribution in [2.24, 2.45) is 0 Å². The Morgan fingerprint density at radius 1 is 1.53 bits per heavy atom. The lowest BCUT2D eigenvalue weighted by Crippen LogP contribution is -2.10. The molecule has 2 rings (SSSR count). The molecule has 17 heavy (non-hydrogen) atoms. The average molecular weight is 231 g/mol. The third-order valence-electron chi connectivity index (χ3n) is 2.29. The monoisotopic (exact) mass is 231 g/mol. The van der Waals surface area contributed by atoms with Gasteiger partial charge < -0.3 is 14.8 Å². The van der Waals surface area contributed by atoms with Gasteiger partial charge in [0.05, 0.1) is 18.7 Å². The molecule has 0 radical (unpaired) electrons. The normalized spacial score (nSPS) is 13.6. The van der Waals surface area contributed by atoms with E-state index < -0.39 is 0 Å². The third kappa shape index (κ3) is 2.99. The summed E-state index contributed by atoms with van der Waals surface area (Å²) in [6, 6.07) is 5.48. The van der Waals surface area contributed by atoms with E-state index in [-0.39, 0.29) is 5.91 Å². The molecular formula is C13H13NO3. The van der Waals surface area contributed by atoms with Crippen LogP contribution in [0.3, 0.4) is 0 Å². The Labute approximate surface area is 99.9 Å². The number of methoxy groups -OCH3 is 1. The number of anilines is 1. The van der Waals surface area contributed by atoms with Crippen LogP contribution in [-0.2, 0) is 9.53 Å². The smallest absolute Gasteiger partial charge is 0.227 e. The summed E-state index contributed by atoms with van der Waals surface area (Å²) in [5.74, 6) is 6.46. The van der Waals surface area contributed by atoms with Crippen molar-refractivity contribution >= 4 is 11.6 Å². The Kier molecular flexibility index (Phi) is 3.63. The van der Waals surface area contributed by atoms with Gasteiger partial charge in [0, 0.05) is 12.7 Å². The predicted octanol–water partition coefficient (Wildman–Crippen LogP) is 1.41. The average Bonchev–Trinajstić information content (AvgIpc) is 2.49. The first-order chi connectivity index (χ1) is 8.29. The number of hydrogen-bond donors (Lipinski definition) is 1. The molecule has 4 nitrogen and oxygen atoms in total. The highest BCUT2D eigenvalue weighted by Gasteiger charge is 2.13. The molecule has 0 spiro atoms. The minimum atomic E-state index is -0.0363. The Hall–Kier alpha value is -1.99. The number of nitrogens with one attached hydrogen (secondary N) is 1. The molecule has 1 heterocycles. The van der Waals surface area contributed by atoms with E-state index in [1.54, 1.807) is 13.2 Å². The molecule has 0 unspecified atom stereocenters. The van der Waals surface area contributed by atoms with Crippen molar-refractivity contribution in [1.82, 2.24) is 0 Å². The molecule has 4 heteroatoms. The summed E-state index contributed by atoms with van der Waals surface area (Å²) < 4.78 is 10.3. The molecule has 1 aliphatic heterocycles. The Balaban J connectivity index is 2.24. The maximum absolute atomic E-state index is 11.4. The topological polar surface area (TPSA) is 47.6 Å². The van der Waals surface area contributed by atoms with Crippen molar-refractivity contribution in [3.63, 3.8) is 0 Å². The number of fused-ring (bicyclic) bond motifs is 1. The Morgan fingerprint density at radius 2 is 2.41 bits per heavy atom. The number of carbonyl (C=O) groups excluding carboxylic acids is 1. The zero-order valence-electron chi connectivity index (χ0n) is 9.58. The maximum atomic E-state index is 11.4. The molecule has 1 aromatic rings. The molecule has 1 aliphatic rings. The van der Waals surface area contributed by atoms with Gasteiger partial charge in [-0.2, -0.15) is 0 Å². The summed E-state index contributed by atoms with van der Waals surface area (Å²) in [5, 5.41) is 2.79. The van der Waals surface area contributed by atoms with Crippen LogP contribution in [0.4, 0.5) is 5.69 Å². The Bertz CT molecular complexity index is 485. The molecule has 0 saturated heterocycles. The standard InChI is InChI=1S/C13H13NO3/c1-16-7-2-3-10-4-5-12-11(9-10)14-13(15)6-8-17-12/h4-5,9H,6-8H2,1H3,(H,14,15). The second-order valence-electron chi connectivity index (χ2n) is 3.59.